The van der Waals surface area contributed by atoms with Gasteiger partial charge >= 0.3 is 0 Å². The highest BCUT2D eigenvalue weighted by molar-refractivity contribution is 6.33. The van der Waals surface area contributed by atoms with Gasteiger partial charge in [0.15, 0.2) is 0 Å². The number of aryl methyl sites for hydroxylation is 1. The molecule has 1 aliphatic rings. The molecule has 0 unspecified atom stereocenters. The Morgan fingerprint density at radius 3 is 2.47 bits per heavy atom. The van der Waals surface area contributed by atoms with Gasteiger partial charge < -0.3 is 10.2 Å². The van der Waals surface area contributed by atoms with Crippen molar-refractivity contribution in [1.29, 1.82) is 5.26 Å². The van der Waals surface area contributed by atoms with Gasteiger partial charge in [-0.3, -0.25) is 0 Å². The Balaban J connectivity index is 2.65. The molecule has 0 aromatic heterocycles. The predicted molar refractivity (Wildman–Crippen MR) is 56.0 cm³/mol. The molecule has 3 nitrogen and oxygen atoms in total. The van der Waals surface area contributed by atoms with Crippen LogP contribution >= 0.6 is 11.6 Å². The second-order valence-electron chi connectivity index (χ2n) is 3.95. The second-order valence-corrected chi connectivity index (χ2v) is 4.32. The molecule has 4 heteroatoms. The van der Waals surface area contributed by atoms with E-state index in [0.717, 1.165) is 12.8 Å². The Hall–Kier alpha value is -1.40. The van der Waals surface area contributed by atoms with E-state index in [1.54, 1.807) is 13.0 Å². The van der Waals surface area contributed by atoms with Crippen LogP contribution in [0.2, 0.25) is 5.02 Å². The summed E-state index contributed by atoms with van der Waals surface area (Å²) in [6.07, 6.45) is 1.47. The van der Waals surface area contributed by atoms with Gasteiger partial charge in [-0.25, -0.2) is 0 Å². The summed E-state index contributed by atoms with van der Waals surface area (Å²) in [6.45, 7) is 1.69. The van der Waals surface area contributed by atoms with Crippen LogP contribution in [0.4, 0.5) is 0 Å². The van der Waals surface area contributed by atoms with Crippen LogP contribution in [-0.2, 0) is 5.41 Å². The lowest BCUT2D eigenvalue weighted by atomic mass is 9.94. The number of nitrogens with zero attached hydrogens (tertiary/aromatic N) is 1. The van der Waals surface area contributed by atoms with Gasteiger partial charge in [0.2, 0.25) is 0 Å². The topological polar surface area (TPSA) is 64.2 Å². The molecule has 0 atom stereocenters. The molecule has 1 aromatic rings. The van der Waals surface area contributed by atoms with E-state index in [4.69, 9.17) is 16.9 Å². The number of hydrogen-bond acceptors (Lipinski definition) is 3. The first-order chi connectivity index (χ1) is 7.02. The summed E-state index contributed by atoms with van der Waals surface area (Å²) in [5.41, 5.74) is 0.520. The second kappa shape index (κ2) is 3.04. The van der Waals surface area contributed by atoms with Gasteiger partial charge in [-0.1, -0.05) is 11.6 Å². The minimum Gasteiger partial charge on any atom is -0.506 e. The van der Waals surface area contributed by atoms with Crippen LogP contribution in [0.3, 0.4) is 0 Å². The molecular weight excluding hydrogens is 214 g/mol. The van der Waals surface area contributed by atoms with Crippen LogP contribution in [0.5, 0.6) is 11.5 Å². The summed E-state index contributed by atoms with van der Waals surface area (Å²) in [7, 11) is 0. The van der Waals surface area contributed by atoms with Gasteiger partial charge in [0.1, 0.15) is 16.5 Å². The fourth-order valence-corrected chi connectivity index (χ4v) is 1.94. The van der Waals surface area contributed by atoms with E-state index in [-0.39, 0.29) is 16.5 Å². The molecule has 0 bridgehead atoms. The van der Waals surface area contributed by atoms with Crippen molar-refractivity contribution in [3.8, 4) is 17.6 Å². The zero-order valence-corrected chi connectivity index (χ0v) is 8.97. The third-order valence-electron chi connectivity index (χ3n) is 2.88. The molecule has 1 aromatic carbocycles. The molecule has 2 N–H and O–H groups in total. The molecule has 0 aliphatic heterocycles. The number of hydrogen-bond donors (Lipinski definition) is 2. The monoisotopic (exact) mass is 223 g/mol. The van der Waals surface area contributed by atoms with Crippen molar-refractivity contribution in [2.75, 3.05) is 0 Å². The van der Waals surface area contributed by atoms with Crippen LogP contribution in [0.25, 0.3) is 0 Å². The van der Waals surface area contributed by atoms with Crippen molar-refractivity contribution in [3.05, 3.63) is 22.2 Å². The lowest BCUT2D eigenvalue weighted by molar-refractivity contribution is 0.442. The Morgan fingerprint density at radius 1 is 1.40 bits per heavy atom. The number of halogens is 1. The van der Waals surface area contributed by atoms with E-state index in [1.807, 2.05) is 0 Å². The van der Waals surface area contributed by atoms with E-state index in [1.165, 1.54) is 0 Å². The average molecular weight is 224 g/mol. The average Bonchev–Trinajstić information content (AvgIpc) is 3.01. The summed E-state index contributed by atoms with van der Waals surface area (Å²) in [6, 6.07) is 3.81. The summed E-state index contributed by atoms with van der Waals surface area (Å²) in [4.78, 5) is 0. The molecule has 0 saturated heterocycles. The van der Waals surface area contributed by atoms with Crippen molar-refractivity contribution >= 4 is 11.6 Å². The molecule has 1 aliphatic carbocycles. The molecule has 0 spiro atoms. The van der Waals surface area contributed by atoms with Crippen molar-refractivity contribution < 1.29 is 10.2 Å². The molecule has 0 amide bonds. The first kappa shape index (κ1) is 10.1. The number of rotatable bonds is 1. The van der Waals surface area contributed by atoms with E-state index >= 15 is 0 Å². The highest BCUT2D eigenvalue weighted by Crippen LogP contribution is 2.53. The number of phenols is 2. The van der Waals surface area contributed by atoms with Crippen molar-refractivity contribution in [2.45, 2.75) is 25.2 Å². The lowest BCUT2D eigenvalue weighted by Gasteiger charge is -2.13. The largest absolute Gasteiger partial charge is 0.506 e. The first-order valence-corrected chi connectivity index (χ1v) is 5.02. The van der Waals surface area contributed by atoms with Gasteiger partial charge in [-0.2, -0.15) is 5.26 Å². The van der Waals surface area contributed by atoms with Crippen molar-refractivity contribution in [3.63, 3.8) is 0 Å². The van der Waals surface area contributed by atoms with Gasteiger partial charge in [-0.15, -0.1) is 0 Å². The molecule has 15 heavy (non-hydrogen) atoms. The standard InChI is InChI=1S/C11H10ClNO2/c1-6-4-7(11(5-13)2-3-11)10(15)8(12)9(6)14/h4,14-15H,2-3H2,1H3. The highest BCUT2D eigenvalue weighted by Gasteiger charge is 2.47. The minimum absolute atomic E-state index is 0.0634. The smallest absolute Gasteiger partial charge is 0.142 e. The molecule has 1 fully saturated rings. The van der Waals surface area contributed by atoms with Crippen LogP contribution < -0.4 is 0 Å². The van der Waals surface area contributed by atoms with Gasteiger partial charge in [0.25, 0.3) is 0 Å². The fourth-order valence-electron chi connectivity index (χ4n) is 1.69. The molecule has 78 valence electrons. The zero-order chi connectivity index (χ0) is 11.2. The molecule has 1 saturated carbocycles. The maximum Gasteiger partial charge on any atom is 0.142 e. The van der Waals surface area contributed by atoms with Crippen molar-refractivity contribution in [2.24, 2.45) is 0 Å². The Labute approximate surface area is 92.5 Å². The number of benzene rings is 1. The molecule has 0 radical (unpaired) electrons. The summed E-state index contributed by atoms with van der Waals surface area (Å²) in [5.74, 6) is -0.287. The van der Waals surface area contributed by atoms with E-state index < -0.39 is 5.41 Å². The maximum atomic E-state index is 9.77. The van der Waals surface area contributed by atoms with Crippen molar-refractivity contribution in [1.82, 2.24) is 0 Å². The third kappa shape index (κ3) is 1.33. The van der Waals surface area contributed by atoms with E-state index in [0.29, 0.717) is 11.1 Å². The highest BCUT2D eigenvalue weighted by atomic mass is 35.5. The Bertz CT molecular complexity index is 472. The summed E-state index contributed by atoms with van der Waals surface area (Å²) in [5, 5.41) is 28.2. The van der Waals surface area contributed by atoms with Crippen LogP contribution in [-0.4, -0.2) is 10.2 Å². The van der Waals surface area contributed by atoms with E-state index in [9.17, 15) is 10.2 Å². The summed E-state index contributed by atoms with van der Waals surface area (Å²) >= 11 is 5.77. The lowest BCUT2D eigenvalue weighted by Crippen LogP contribution is -2.03. The first-order valence-electron chi connectivity index (χ1n) is 4.64. The van der Waals surface area contributed by atoms with Gasteiger partial charge in [0, 0.05) is 5.56 Å². The van der Waals surface area contributed by atoms with Crippen LogP contribution in [0, 0.1) is 18.3 Å². The fraction of sp³-hybridized carbons (Fsp3) is 0.364. The molecular formula is C11H10ClNO2. The van der Waals surface area contributed by atoms with Crippen LogP contribution in [0.1, 0.15) is 24.0 Å². The number of aromatic hydroxyl groups is 2. The van der Waals surface area contributed by atoms with Gasteiger partial charge in [-0.05, 0) is 31.4 Å². The zero-order valence-electron chi connectivity index (χ0n) is 8.21. The SMILES string of the molecule is Cc1cc(C2(C#N)CC2)c(O)c(Cl)c1O. The number of phenolic OH excluding ortho intramolecular Hbond substituents is 2. The Morgan fingerprint density at radius 2 is 2.00 bits per heavy atom. The predicted octanol–water partition coefficient (Wildman–Crippen LogP) is 2.61. The minimum atomic E-state index is -0.591. The molecule has 2 rings (SSSR count). The van der Waals surface area contributed by atoms with Crippen LogP contribution in [0.15, 0.2) is 6.07 Å². The third-order valence-corrected chi connectivity index (χ3v) is 3.24. The Kier molecular flexibility index (Phi) is 2.06. The molecule has 0 heterocycles. The van der Waals surface area contributed by atoms with E-state index in [2.05, 4.69) is 6.07 Å². The number of nitriles is 1. The normalized spacial score (nSPS) is 17.1. The maximum absolute atomic E-state index is 9.77. The summed E-state index contributed by atoms with van der Waals surface area (Å²) < 4.78 is 0. The quantitative estimate of drug-likeness (QED) is 0.769. The van der Waals surface area contributed by atoms with Gasteiger partial charge in [0.05, 0.1) is 11.5 Å².